The third-order valence-corrected chi connectivity index (χ3v) is 2.11. The van der Waals surface area contributed by atoms with Gasteiger partial charge in [0.1, 0.15) is 6.26 Å². The van der Waals surface area contributed by atoms with E-state index in [1.807, 2.05) is 0 Å². The molecule has 3 nitrogen and oxygen atoms in total. The molecule has 12 heavy (non-hydrogen) atoms. The highest BCUT2D eigenvalue weighted by molar-refractivity contribution is 4.99. The fourth-order valence-electron chi connectivity index (χ4n) is 0.829. The third kappa shape index (κ3) is 2.66. The lowest BCUT2D eigenvalue weighted by Gasteiger charge is -2.16. The minimum atomic E-state index is 0.528. The molecule has 0 aliphatic heterocycles. The van der Waals surface area contributed by atoms with Gasteiger partial charge in [-0.15, -0.1) is 0 Å². The summed E-state index contributed by atoms with van der Waals surface area (Å²) in [5.41, 5.74) is 1.10. The summed E-state index contributed by atoms with van der Waals surface area (Å²) in [7, 11) is 0. The molecular weight excluding hydrogens is 152 g/mol. The zero-order valence-corrected chi connectivity index (χ0v) is 7.87. The zero-order chi connectivity index (χ0) is 8.97. The minimum Gasteiger partial charge on any atom is -0.364 e. The first-order valence-corrected chi connectivity index (χ1v) is 4.31. The van der Waals surface area contributed by atoms with Gasteiger partial charge in [-0.2, -0.15) is 0 Å². The summed E-state index contributed by atoms with van der Waals surface area (Å²) in [4.78, 5) is 0. The predicted molar refractivity (Wildman–Crippen MR) is 47.6 cm³/mol. The molecule has 1 heterocycles. The van der Waals surface area contributed by atoms with Crippen LogP contribution in [-0.4, -0.2) is 11.2 Å². The van der Waals surface area contributed by atoms with Crippen molar-refractivity contribution in [1.82, 2.24) is 10.5 Å². The molecule has 0 saturated carbocycles. The van der Waals surface area contributed by atoms with Crippen molar-refractivity contribution < 1.29 is 4.52 Å². The Balaban J connectivity index is 2.27. The van der Waals surface area contributed by atoms with Gasteiger partial charge in [-0.05, 0) is 12.8 Å². The first-order chi connectivity index (χ1) is 5.70. The lowest BCUT2D eigenvalue weighted by molar-refractivity contribution is 0.412. The monoisotopic (exact) mass is 168 g/mol. The Labute approximate surface area is 73.1 Å². The quantitative estimate of drug-likeness (QED) is 0.745. The molecule has 0 saturated heterocycles. The fourth-order valence-corrected chi connectivity index (χ4v) is 0.829. The molecule has 1 rings (SSSR count). The van der Waals surface area contributed by atoms with Crippen LogP contribution in [0, 0.1) is 5.92 Å². The van der Waals surface area contributed by atoms with Crippen LogP contribution in [0.2, 0.25) is 0 Å². The van der Waals surface area contributed by atoms with E-state index in [2.05, 4.69) is 31.2 Å². The second-order valence-electron chi connectivity index (χ2n) is 3.45. The number of rotatable bonds is 4. The van der Waals surface area contributed by atoms with Gasteiger partial charge < -0.3 is 9.84 Å². The zero-order valence-electron chi connectivity index (χ0n) is 7.87. The summed E-state index contributed by atoms with van der Waals surface area (Å²) in [6.45, 7) is 7.41. The summed E-state index contributed by atoms with van der Waals surface area (Å²) in [5.74, 6) is 0.657. The van der Waals surface area contributed by atoms with Crippen molar-refractivity contribution in [3.63, 3.8) is 0 Å². The van der Waals surface area contributed by atoms with Crippen LogP contribution < -0.4 is 5.32 Å². The maximum absolute atomic E-state index is 4.72. The largest absolute Gasteiger partial charge is 0.364 e. The second-order valence-corrected chi connectivity index (χ2v) is 3.45. The van der Waals surface area contributed by atoms with Gasteiger partial charge in [-0.25, -0.2) is 0 Å². The molecule has 1 unspecified atom stereocenters. The van der Waals surface area contributed by atoms with E-state index in [4.69, 9.17) is 4.52 Å². The smallest absolute Gasteiger partial charge is 0.128 e. The Morgan fingerprint density at radius 3 is 2.75 bits per heavy atom. The Kier molecular flexibility index (Phi) is 3.29. The highest BCUT2D eigenvalue weighted by Gasteiger charge is 2.05. The normalized spacial score (nSPS) is 13.7. The molecule has 0 bridgehead atoms. The Morgan fingerprint density at radius 1 is 1.50 bits per heavy atom. The Bertz CT molecular complexity index is 206. The first-order valence-electron chi connectivity index (χ1n) is 4.31. The molecule has 0 spiro atoms. The van der Waals surface area contributed by atoms with Gasteiger partial charge in [-0.1, -0.05) is 19.0 Å². The Hall–Kier alpha value is -0.830. The lowest BCUT2D eigenvalue weighted by atomic mass is 10.1. The number of aromatic nitrogens is 1. The fraction of sp³-hybridized carbons (Fsp3) is 0.667. The van der Waals surface area contributed by atoms with E-state index in [1.54, 1.807) is 12.5 Å². The van der Waals surface area contributed by atoms with Crippen LogP contribution in [0.3, 0.4) is 0 Å². The van der Waals surface area contributed by atoms with Gasteiger partial charge in [0.25, 0.3) is 0 Å². The highest BCUT2D eigenvalue weighted by atomic mass is 16.5. The van der Waals surface area contributed by atoms with Gasteiger partial charge in [0, 0.05) is 18.2 Å². The van der Waals surface area contributed by atoms with E-state index in [-0.39, 0.29) is 0 Å². The van der Waals surface area contributed by atoms with Crippen molar-refractivity contribution in [3.8, 4) is 0 Å². The average molecular weight is 168 g/mol. The van der Waals surface area contributed by atoms with Crippen LogP contribution in [0.25, 0.3) is 0 Å². The van der Waals surface area contributed by atoms with Crippen LogP contribution in [0.15, 0.2) is 17.0 Å². The molecule has 0 aromatic carbocycles. The molecule has 1 aromatic heterocycles. The number of hydrogen-bond acceptors (Lipinski definition) is 3. The first kappa shape index (κ1) is 9.26. The molecular formula is C9H16N2O. The van der Waals surface area contributed by atoms with Crippen molar-refractivity contribution >= 4 is 0 Å². The van der Waals surface area contributed by atoms with Crippen LogP contribution in [0.5, 0.6) is 0 Å². The summed E-state index contributed by atoms with van der Waals surface area (Å²) in [5, 5.41) is 7.01. The molecule has 1 N–H and O–H groups in total. The van der Waals surface area contributed by atoms with E-state index < -0.39 is 0 Å². The van der Waals surface area contributed by atoms with E-state index in [1.165, 1.54) is 0 Å². The SMILES string of the molecule is CC(C)C(C)NCc1cnoc1. The molecule has 0 aliphatic rings. The van der Waals surface area contributed by atoms with Crippen LogP contribution in [0.1, 0.15) is 26.3 Å². The molecule has 0 aliphatic carbocycles. The van der Waals surface area contributed by atoms with Crippen molar-refractivity contribution in [2.24, 2.45) is 5.92 Å². The number of nitrogens with zero attached hydrogens (tertiary/aromatic N) is 1. The molecule has 0 fully saturated rings. The Morgan fingerprint density at radius 2 is 2.25 bits per heavy atom. The maximum Gasteiger partial charge on any atom is 0.128 e. The minimum absolute atomic E-state index is 0.528. The molecule has 1 aromatic rings. The van der Waals surface area contributed by atoms with Gasteiger partial charge in [0.2, 0.25) is 0 Å². The molecule has 0 amide bonds. The molecule has 68 valence electrons. The van der Waals surface area contributed by atoms with Gasteiger partial charge in [0.15, 0.2) is 0 Å². The van der Waals surface area contributed by atoms with Crippen LogP contribution in [0.4, 0.5) is 0 Å². The van der Waals surface area contributed by atoms with Crippen LogP contribution in [-0.2, 0) is 6.54 Å². The van der Waals surface area contributed by atoms with Gasteiger partial charge in [0.05, 0.1) is 6.20 Å². The van der Waals surface area contributed by atoms with Crippen molar-refractivity contribution in [3.05, 3.63) is 18.0 Å². The lowest BCUT2D eigenvalue weighted by Crippen LogP contribution is -2.29. The summed E-state index contributed by atoms with van der Waals surface area (Å²) < 4.78 is 4.72. The molecule has 0 radical (unpaired) electrons. The summed E-state index contributed by atoms with van der Waals surface area (Å²) in [6, 6.07) is 0.528. The number of hydrogen-bond donors (Lipinski definition) is 1. The van der Waals surface area contributed by atoms with E-state index >= 15 is 0 Å². The standard InChI is InChI=1S/C9H16N2O/c1-7(2)8(3)10-4-9-5-11-12-6-9/h5-8,10H,4H2,1-3H3. The predicted octanol–water partition coefficient (Wildman–Crippen LogP) is 1.81. The third-order valence-electron chi connectivity index (χ3n) is 2.11. The van der Waals surface area contributed by atoms with Crippen molar-refractivity contribution in [1.29, 1.82) is 0 Å². The molecule has 3 heteroatoms. The average Bonchev–Trinajstić information content (AvgIpc) is 2.51. The van der Waals surface area contributed by atoms with Crippen LogP contribution >= 0.6 is 0 Å². The number of nitrogens with one attached hydrogen (secondary N) is 1. The van der Waals surface area contributed by atoms with Crippen molar-refractivity contribution in [2.45, 2.75) is 33.4 Å². The van der Waals surface area contributed by atoms with E-state index in [0.29, 0.717) is 12.0 Å². The van der Waals surface area contributed by atoms with Gasteiger partial charge in [-0.3, -0.25) is 0 Å². The summed E-state index contributed by atoms with van der Waals surface area (Å²) >= 11 is 0. The highest BCUT2D eigenvalue weighted by Crippen LogP contribution is 2.02. The topological polar surface area (TPSA) is 38.1 Å². The van der Waals surface area contributed by atoms with E-state index in [9.17, 15) is 0 Å². The maximum atomic E-state index is 4.72. The molecule has 1 atom stereocenters. The van der Waals surface area contributed by atoms with Gasteiger partial charge >= 0.3 is 0 Å². The van der Waals surface area contributed by atoms with Crippen molar-refractivity contribution in [2.75, 3.05) is 0 Å². The van der Waals surface area contributed by atoms with E-state index in [0.717, 1.165) is 12.1 Å². The second kappa shape index (κ2) is 4.26. The summed E-state index contributed by atoms with van der Waals surface area (Å²) in [6.07, 6.45) is 3.40.